The molecule has 2 aromatic heterocycles. The SMILES string of the molecule is O=C(O)c1cccc(NCc2ccncc2OCC2CCOC2)n1. The third-order valence-corrected chi connectivity index (χ3v) is 3.80. The van der Waals surface area contributed by atoms with Crippen LogP contribution < -0.4 is 10.1 Å². The van der Waals surface area contributed by atoms with Crippen molar-refractivity contribution in [3.8, 4) is 5.75 Å². The van der Waals surface area contributed by atoms with Crippen molar-refractivity contribution in [3.63, 3.8) is 0 Å². The van der Waals surface area contributed by atoms with Crippen LogP contribution in [0.15, 0.2) is 36.7 Å². The zero-order chi connectivity index (χ0) is 16.8. The summed E-state index contributed by atoms with van der Waals surface area (Å²) in [4.78, 5) is 19.1. The Morgan fingerprint density at radius 2 is 2.33 bits per heavy atom. The Morgan fingerprint density at radius 3 is 3.12 bits per heavy atom. The van der Waals surface area contributed by atoms with E-state index in [2.05, 4.69) is 15.3 Å². The van der Waals surface area contributed by atoms with Crippen LogP contribution in [0.2, 0.25) is 0 Å². The number of nitrogens with zero attached hydrogens (tertiary/aromatic N) is 2. The number of nitrogens with one attached hydrogen (secondary N) is 1. The van der Waals surface area contributed by atoms with Gasteiger partial charge in [0, 0.05) is 30.8 Å². The highest BCUT2D eigenvalue weighted by Gasteiger charge is 2.17. The van der Waals surface area contributed by atoms with E-state index in [1.165, 1.54) is 6.07 Å². The summed E-state index contributed by atoms with van der Waals surface area (Å²) in [5.41, 5.74) is 0.943. The molecule has 24 heavy (non-hydrogen) atoms. The van der Waals surface area contributed by atoms with Crippen LogP contribution in [0.3, 0.4) is 0 Å². The van der Waals surface area contributed by atoms with Gasteiger partial charge in [-0.2, -0.15) is 0 Å². The van der Waals surface area contributed by atoms with Gasteiger partial charge in [0.1, 0.15) is 11.6 Å². The number of anilines is 1. The lowest BCUT2D eigenvalue weighted by Gasteiger charge is -2.14. The third-order valence-electron chi connectivity index (χ3n) is 3.80. The van der Waals surface area contributed by atoms with Crippen molar-refractivity contribution in [2.75, 3.05) is 25.1 Å². The van der Waals surface area contributed by atoms with Crippen LogP contribution in [0.1, 0.15) is 22.5 Å². The maximum atomic E-state index is 11.0. The molecule has 2 N–H and O–H groups in total. The van der Waals surface area contributed by atoms with Gasteiger partial charge in [-0.15, -0.1) is 0 Å². The van der Waals surface area contributed by atoms with E-state index in [4.69, 9.17) is 14.6 Å². The molecule has 0 radical (unpaired) electrons. The number of hydrogen-bond acceptors (Lipinski definition) is 6. The number of carboxylic acid groups (broad SMARTS) is 1. The molecule has 7 nitrogen and oxygen atoms in total. The van der Waals surface area contributed by atoms with Gasteiger partial charge in [-0.3, -0.25) is 4.98 Å². The number of aromatic carboxylic acids is 1. The number of pyridine rings is 2. The first-order chi connectivity index (χ1) is 11.7. The molecule has 1 aliphatic rings. The first-order valence-corrected chi connectivity index (χ1v) is 7.80. The van der Waals surface area contributed by atoms with Crippen molar-refractivity contribution < 1.29 is 19.4 Å². The van der Waals surface area contributed by atoms with Crippen LogP contribution in [0.5, 0.6) is 5.75 Å². The Balaban J connectivity index is 1.62. The maximum absolute atomic E-state index is 11.0. The summed E-state index contributed by atoms with van der Waals surface area (Å²) in [6.07, 6.45) is 4.40. The molecular weight excluding hydrogens is 310 g/mol. The molecule has 126 valence electrons. The summed E-state index contributed by atoms with van der Waals surface area (Å²) in [6, 6.07) is 6.71. The summed E-state index contributed by atoms with van der Waals surface area (Å²) in [5, 5.41) is 12.1. The van der Waals surface area contributed by atoms with E-state index in [-0.39, 0.29) is 5.69 Å². The molecule has 1 atom stereocenters. The summed E-state index contributed by atoms with van der Waals surface area (Å²) in [5.74, 6) is 0.582. The summed E-state index contributed by atoms with van der Waals surface area (Å²) in [6.45, 7) is 2.60. The zero-order valence-corrected chi connectivity index (χ0v) is 13.1. The number of hydrogen-bond donors (Lipinski definition) is 2. The van der Waals surface area contributed by atoms with Crippen LogP contribution >= 0.6 is 0 Å². The minimum atomic E-state index is -1.05. The van der Waals surface area contributed by atoms with Gasteiger partial charge in [0.05, 0.1) is 19.4 Å². The van der Waals surface area contributed by atoms with Crippen LogP contribution in [-0.4, -0.2) is 40.9 Å². The average Bonchev–Trinajstić information content (AvgIpc) is 3.12. The maximum Gasteiger partial charge on any atom is 0.354 e. The van der Waals surface area contributed by atoms with Crippen molar-refractivity contribution in [3.05, 3.63) is 47.9 Å². The van der Waals surface area contributed by atoms with Gasteiger partial charge < -0.3 is 19.9 Å². The lowest BCUT2D eigenvalue weighted by molar-refractivity contribution is 0.0690. The highest BCUT2D eigenvalue weighted by Crippen LogP contribution is 2.20. The van der Waals surface area contributed by atoms with Gasteiger partial charge in [0.15, 0.2) is 5.69 Å². The van der Waals surface area contributed by atoms with Crippen LogP contribution in [-0.2, 0) is 11.3 Å². The van der Waals surface area contributed by atoms with Gasteiger partial charge in [-0.1, -0.05) is 6.07 Å². The van der Waals surface area contributed by atoms with Crippen molar-refractivity contribution in [1.82, 2.24) is 9.97 Å². The highest BCUT2D eigenvalue weighted by molar-refractivity contribution is 5.85. The Hall–Kier alpha value is -2.67. The standard InChI is InChI=1S/C17H19N3O4/c21-17(22)14-2-1-3-16(20-14)19-8-13-4-6-18-9-15(13)24-11-12-5-7-23-10-12/h1-4,6,9,12H,5,7-8,10-11H2,(H,19,20)(H,21,22). The molecule has 1 saturated heterocycles. The van der Waals surface area contributed by atoms with Crippen molar-refractivity contribution in [2.24, 2.45) is 5.92 Å². The molecule has 0 aromatic carbocycles. The summed E-state index contributed by atoms with van der Waals surface area (Å²) in [7, 11) is 0. The molecule has 0 aliphatic carbocycles. The Kier molecular flexibility index (Phi) is 5.22. The van der Waals surface area contributed by atoms with E-state index in [0.29, 0.717) is 30.6 Å². The minimum Gasteiger partial charge on any atom is -0.491 e. The highest BCUT2D eigenvalue weighted by atomic mass is 16.5. The zero-order valence-electron chi connectivity index (χ0n) is 13.1. The molecule has 0 amide bonds. The number of aromatic nitrogens is 2. The Morgan fingerprint density at radius 1 is 1.42 bits per heavy atom. The molecule has 1 fully saturated rings. The predicted octanol–water partition coefficient (Wildman–Crippen LogP) is 2.20. The summed E-state index contributed by atoms with van der Waals surface area (Å²) < 4.78 is 11.2. The lowest BCUT2D eigenvalue weighted by Crippen LogP contribution is -2.13. The largest absolute Gasteiger partial charge is 0.491 e. The second-order valence-corrected chi connectivity index (χ2v) is 5.59. The molecule has 1 unspecified atom stereocenters. The second-order valence-electron chi connectivity index (χ2n) is 5.59. The van der Waals surface area contributed by atoms with E-state index < -0.39 is 5.97 Å². The Bertz CT molecular complexity index is 702. The second kappa shape index (κ2) is 7.74. The molecular formula is C17H19N3O4. The van der Waals surface area contributed by atoms with Crippen molar-refractivity contribution in [1.29, 1.82) is 0 Å². The fourth-order valence-corrected chi connectivity index (χ4v) is 2.45. The number of carbonyl (C=O) groups is 1. The molecule has 0 spiro atoms. The predicted molar refractivity (Wildman–Crippen MR) is 87.2 cm³/mol. The normalized spacial score (nSPS) is 16.8. The fraction of sp³-hybridized carbons (Fsp3) is 0.353. The number of rotatable bonds is 7. The molecule has 3 heterocycles. The van der Waals surface area contributed by atoms with Gasteiger partial charge in [-0.25, -0.2) is 9.78 Å². The molecule has 3 rings (SSSR count). The summed E-state index contributed by atoms with van der Waals surface area (Å²) >= 11 is 0. The number of ether oxygens (including phenoxy) is 2. The topological polar surface area (TPSA) is 93.6 Å². The third kappa shape index (κ3) is 4.20. The van der Waals surface area contributed by atoms with Gasteiger partial charge in [0.2, 0.25) is 0 Å². The Labute approximate surface area is 139 Å². The van der Waals surface area contributed by atoms with E-state index in [1.54, 1.807) is 24.5 Å². The van der Waals surface area contributed by atoms with E-state index >= 15 is 0 Å². The average molecular weight is 329 g/mol. The van der Waals surface area contributed by atoms with Crippen molar-refractivity contribution in [2.45, 2.75) is 13.0 Å². The van der Waals surface area contributed by atoms with Gasteiger partial charge in [-0.05, 0) is 24.6 Å². The number of carboxylic acids is 1. The monoisotopic (exact) mass is 329 g/mol. The smallest absolute Gasteiger partial charge is 0.354 e. The van der Waals surface area contributed by atoms with E-state index in [9.17, 15) is 4.79 Å². The van der Waals surface area contributed by atoms with Crippen LogP contribution in [0, 0.1) is 5.92 Å². The van der Waals surface area contributed by atoms with Gasteiger partial charge >= 0.3 is 5.97 Å². The van der Waals surface area contributed by atoms with Crippen molar-refractivity contribution >= 4 is 11.8 Å². The molecule has 0 saturated carbocycles. The van der Waals surface area contributed by atoms with Crippen LogP contribution in [0.25, 0.3) is 0 Å². The van der Waals surface area contributed by atoms with E-state index in [1.807, 2.05) is 6.07 Å². The fourth-order valence-electron chi connectivity index (χ4n) is 2.45. The lowest BCUT2D eigenvalue weighted by atomic mass is 10.1. The molecule has 1 aliphatic heterocycles. The quantitative estimate of drug-likeness (QED) is 0.804. The minimum absolute atomic E-state index is 0.00688. The first kappa shape index (κ1) is 16.2. The van der Waals surface area contributed by atoms with Crippen LogP contribution in [0.4, 0.5) is 5.82 Å². The van der Waals surface area contributed by atoms with E-state index in [0.717, 1.165) is 25.2 Å². The first-order valence-electron chi connectivity index (χ1n) is 7.80. The molecule has 0 bridgehead atoms. The molecule has 7 heteroatoms. The molecule has 2 aromatic rings. The van der Waals surface area contributed by atoms with Gasteiger partial charge in [0.25, 0.3) is 0 Å².